The number of rotatable bonds is 13. The van der Waals surface area contributed by atoms with Crippen molar-refractivity contribution >= 4 is 17.6 Å². The zero-order valence-corrected chi connectivity index (χ0v) is 22.3. The van der Waals surface area contributed by atoms with E-state index in [1.807, 2.05) is 48.5 Å². The number of hydrogen-bond acceptors (Lipinski definition) is 7. The zero-order valence-electron chi connectivity index (χ0n) is 22.3. The van der Waals surface area contributed by atoms with Crippen molar-refractivity contribution in [3.05, 3.63) is 65.2 Å². The second kappa shape index (κ2) is 14.5. The van der Waals surface area contributed by atoms with E-state index in [2.05, 4.69) is 10.2 Å². The van der Waals surface area contributed by atoms with Crippen LogP contribution in [-0.2, 0) is 25.7 Å². The molecule has 0 radical (unpaired) electrons. The Balaban J connectivity index is 1.39. The van der Waals surface area contributed by atoms with Crippen molar-refractivity contribution in [3.8, 4) is 0 Å². The monoisotopic (exact) mass is 540 g/mol. The predicted molar refractivity (Wildman–Crippen MR) is 146 cm³/mol. The van der Waals surface area contributed by atoms with Crippen LogP contribution in [0.4, 0.5) is 5.69 Å². The smallest absolute Gasteiger partial charge is 0.303 e. The summed E-state index contributed by atoms with van der Waals surface area (Å²) in [6, 6.07) is 15.4. The van der Waals surface area contributed by atoms with Crippen molar-refractivity contribution in [3.63, 3.8) is 0 Å². The zero-order chi connectivity index (χ0) is 27.6. The topological polar surface area (TPSA) is 129 Å². The van der Waals surface area contributed by atoms with Gasteiger partial charge in [0.15, 0.2) is 6.29 Å². The molecule has 212 valence electrons. The molecule has 2 aromatic carbocycles. The van der Waals surface area contributed by atoms with Crippen molar-refractivity contribution in [1.29, 1.82) is 0 Å². The molecular weight excluding hydrogens is 500 g/mol. The lowest BCUT2D eigenvalue weighted by molar-refractivity contribution is -0.253. The summed E-state index contributed by atoms with van der Waals surface area (Å²) in [6.07, 6.45) is 4.30. The number of aliphatic carboxylic acids is 1. The third-order valence-electron chi connectivity index (χ3n) is 7.52. The Labute approximate surface area is 229 Å². The van der Waals surface area contributed by atoms with Crippen LogP contribution in [0.25, 0.3) is 0 Å². The minimum atomic E-state index is -0.812. The van der Waals surface area contributed by atoms with Crippen LogP contribution in [0.1, 0.15) is 80.5 Å². The third kappa shape index (κ3) is 8.58. The fourth-order valence-electron chi connectivity index (χ4n) is 5.32. The standard InChI is InChI=1S/C30H40N2O7/c33-19-21-8-10-22(11-9-21)27-17-26(18-32-16-4-5-25(32)20-34)38-30(39-27)23-12-14-24(15-13-23)31-28(35)6-2-1-3-7-29(36)37/h8-15,25-27,30,33-34H,1-7,16-20H2,(H,31,35)(H,36,37)/t25-,26+,27-,30-/m0/s1. The summed E-state index contributed by atoms with van der Waals surface area (Å²) < 4.78 is 12.8. The number of carboxylic acid groups (broad SMARTS) is 1. The number of nitrogens with zero attached hydrogens (tertiary/aromatic N) is 1. The lowest BCUT2D eigenvalue weighted by Crippen LogP contribution is -2.42. The number of ether oxygens (including phenoxy) is 2. The molecule has 4 atom stereocenters. The maximum Gasteiger partial charge on any atom is 0.303 e. The molecule has 2 aromatic rings. The number of carbonyl (C=O) groups excluding carboxylic acids is 1. The molecule has 2 aliphatic heterocycles. The molecule has 0 unspecified atom stereocenters. The SMILES string of the molecule is O=C(O)CCCCCC(=O)Nc1ccc([C@H]2O[C@@H](CN3CCC[C@H]3CO)C[C@@H](c3ccc(CO)cc3)O2)cc1. The third-order valence-corrected chi connectivity index (χ3v) is 7.52. The van der Waals surface area contributed by atoms with E-state index >= 15 is 0 Å². The van der Waals surface area contributed by atoms with Crippen LogP contribution < -0.4 is 5.32 Å². The first-order chi connectivity index (χ1) is 18.9. The number of hydrogen-bond donors (Lipinski definition) is 4. The number of carboxylic acids is 1. The van der Waals surface area contributed by atoms with E-state index in [-0.39, 0.29) is 43.8 Å². The van der Waals surface area contributed by atoms with Crippen LogP contribution in [-0.4, -0.2) is 63.9 Å². The van der Waals surface area contributed by atoms with E-state index in [9.17, 15) is 19.8 Å². The van der Waals surface area contributed by atoms with Crippen molar-refractivity contribution in [2.75, 3.05) is 25.0 Å². The van der Waals surface area contributed by atoms with E-state index in [0.717, 1.165) is 42.6 Å². The molecule has 0 saturated carbocycles. The van der Waals surface area contributed by atoms with E-state index < -0.39 is 12.3 Å². The van der Waals surface area contributed by atoms with Crippen LogP contribution >= 0.6 is 0 Å². The highest BCUT2D eigenvalue weighted by Crippen LogP contribution is 2.39. The summed E-state index contributed by atoms with van der Waals surface area (Å²) in [7, 11) is 0. The van der Waals surface area contributed by atoms with Gasteiger partial charge in [0, 0.05) is 43.1 Å². The first kappa shape index (κ1) is 29.2. The summed E-state index contributed by atoms with van der Waals surface area (Å²) in [6.45, 7) is 1.80. The van der Waals surface area contributed by atoms with Crippen molar-refractivity contribution in [1.82, 2.24) is 4.90 Å². The fraction of sp³-hybridized carbons (Fsp3) is 0.533. The molecule has 9 heteroatoms. The summed E-state index contributed by atoms with van der Waals surface area (Å²) in [5.41, 5.74) is 3.40. The Bertz CT molecular complexity index is 1060. The van der Waals surface area contributed by atoms with Crippen LogP contribution in [0.15, 0.2) is 48.5 Å². The lowest BCUT2D eigenvalue weighted by atomic mass is 9.99. The lowest BCUT2D eigenvalue weighted by Gasteiger charge is -2.38. The van der Waals surface area contributed by atoms with Crippen LogP contribution in [0.3, 0.4) is 0 Å². The number of amides is 1. The Hall–Kier alpha value is -2.82. The highest BCUT2D eigenvalue weighted by Gasteiger charge is 2.35. The molecule has 4 rings (SSSR count). The normalized spacial score (nSPS) is 23.5. The molecule has 2 heterocycles. The maximum absolute atomic E-state index is 12.3. The molecule has 0 aliphatic carbocycles. The predicted octanol–water partition coefficient (Wildman–Crippen LogP) is 4.15. The van der Waals surface area contributed by atoms with E-state index in [4.69, 9.17) is 14.6 Å². The summed E-state index contributed by atoms with van der Waals surface area (Å²) in [5, 5.41) is 30.8. The van der Waals surface area contributed by atoms with E-state index in [1.165, 1.54) is 0 Å². The summed E-state index contributed by atoms with van der Waals surface area (Å²) in [4.78, 5) is 25.2. The molecule has 4 N–H and O–H groups in total. The Morgan fingerprint density at radius 1 is 0.923 bits per heavy atom. The molecule has 9 nitrogen and oxygen atoms in total. The number of benzene rings is 2. The molecule has 2 saturated heterocycles. The van der Waals surface area contributed by atoms with E-state index in [1.54, 1.807) is 0 Å². The van der Waals surface area contributed by atoms with Gasteiger partial charge in [-0.3, -0.25) is 14.5 Å². The minimum absolute atomic E-state index is 0.00865. The van der Waals surface area contributed by atoms with Crippen molar-refractivity contribution in [2.45, 2.75) is 82.5 Å². The highest BCUT2D eigenvalue weighted by atomic mass is 16.7. The summed E-state index contributed by atoms with van der Waals surface area (Å²) in [5.74, 6) is -0.910. The van der Waals surface area contributed by atoms with Gasteiger partial charge < -0.3 is 30.1 Å². The maximum atomic E-state index is 12.3. The van der Waals surface area contributed by atoms with Gasteiger partial charge in [0.05, 0.1) is 25.4 Å². The molecule has 0 spiro atoms. The Morgan fingerprint density at radius 2 is 1.64 bits per heavy atom. The fourth-order valence-corrected chi connectivity index (χ4v) is 5.32. The van der Waals surface area contributed by atoms with Crippen LogP contribution in [0.5, 0.6) is 0 Å². The van der Waals surface area contributed by atoms with Gasteiger partial charge in [0.2, 0.25) is 5.91 Å². The van der Waals surface area contributed by atoms with E-state index in [0.29, 0.717) is 37.8 Å². The first-order valence-electron chi connectivity index (χ1n) is 13.9. The van der Waals surface area contributed by atoms with Gasteiger partial charge in [0.25, 0.3) is 0 Å². The Morgan fingerprint density at radius 3 is 2.33 bits per heavy atom. The van der Waals surface area contributed by atoms with Crippen LogP contribution in [0.2, 0.25) is 0 Å². The highest BCUT2D eigenvalue weighted by molar-refractivity contribution is 5.90. The minimum Gasteiger partial charge on any atom is -0.481 e. The average Bonchev–Trinajstić information content (AvgIpc) is 3.40. The van der Waals surface area contributed by atoms with Gasteiger partial charge in [-0.1, -0.05) is 42.8 Å². The van der Waals surface area contributed by atoms with Gasteiger partial charge in [0.1, 0.15) is 0 Å². The number of unbranched alkanes of at least 4 members (excludes halogenated alkanes) is 2. The number of nitrogens with one attached hydrogen (secondary N) is 1. The first-order valence-corrected chi connectivity index (χ1v) is 13.9. The molecule has 0 aromatic heterocycles. The average molecular weight is 541 g/mol. The molecule has 1 amide bonds. The van der Waals surface area contributed by atoms with Crippen molar-refractivity contribution < 1.29 is 34.4 Å². The Kier molecular flexibility index (Phi) is 10.9. The quantitative estimate of drug-likeness (QED) is 0.279. The molecule has 2 aliphatic rings. The number of anilines is 1. The number of aliphatic hydroxyl groups is 2. The number of aliphatic hydroxyl groups excluding tert-OH is 2. The molecule has 0 bridgehead atoms. The summed E-state index contributed by atoms with van der Waals surface area (Å²) >= 11 is 0. The van der Waals surface area contributed by atoms with Gasteiger partial charge in [-0.15, -0.1) is 0 Å². The largest absolute Gasteiger partial charge is 0.481 e. The second-order valence-corrected chi connectivity index (χ2v) is 10.4. The van der Waals surface area contributed by atoms with Crippen molar-refractivity contribution in [2.24, 2.45) is 0 Å². The van der Waals surface area contributed by atoms with Gasteiger partial charge in [-0.05, 0) is 55.5 Å². The number of likely N-dealkylation sites (tertiary alicyclic amines) is 1. The number of carbonyl (C=O) groups is 2. The van der Waals surface area contributed by atoms with Gasteiger partial charge >= 0.3 is 5.97 Å². The van der Waals surface area contributed by atoms with Gasteiger partial charge in [-0.2, -0.15) is 0 Å². The molecule has 2 fully saturated rings. The second-order valence-electron chi connectivity index (χ2n) is 10.4. The van der Waals surface area contributed by atoms with Crippen LogP contribution in [0, 0.1) is 0 Å². The van der Waals surface area contributed by atoms with Gasteiger partial charge in [-0.25, -0.2) is 0 Å². The molecule has 39 heavy (non-hydrogen) atoms. The molecular formula is C30H40N2O7.